The van der Waals surface area contributed by atoms with Crippen molar-refractivity contribution < 1.29 is 4.79 Å². The lowest BCUT2D eigenvalue weighted by molar-refractivity contribution is -0.116. The van der Waals surface area contributed by atoms with Crippen LogP contribution in [0, 0.1) is 0 Å². The summed E-state index contributed by atoms with van der Waals surface area (Å²) in [5, 5.41) is 0.734. The van der Waals surface area contributed by atoms with Gasteiger partial charge in [-0.25, -0.2) is 0 Å². The van der Waals surface area contributed by atoms with Gasteiger partial charge in [0.1, 0.15) is 0 Å². The molecular formula is C18H19ClN2OS. The highest BCUT2D eigenvalue weighted by molar-refractivity contribution is 7.99. The summed E-state index contributed by atoms with van der Waals surface area (Å²) in [6.07, 6.45) is 1.92. The van der Waals surface area contributed by atoms with Crippen molar-refractivity contribution in [3.63, 3.8) is 0 Å². The number of benzene rings is 2. The third-order valence-electron chi connectivity index (χ3n) is 4.00. The van der Waals surface area contributed by atoms with Crippen molar-refractivity contribution in [2.45, 2.75) is 18.6 Å². The van der Waals surface area contributed by atoms with Crippen molar-refractivity contribution in [1.82, 2.24) is 0 Å². The van der Waals surface area contributed by atoms with E-state index in [0.29, 0.717) is 5.75 Å². The molecule has 0 aliphatic carbocycles. The van der Waals surface area contributed by atoms with Gasteiger partial charge in [0.15, 0.2) is 0 Å². The number of thioether (sulfide) groups is 1. The summed E-state index contributed by atoms with van der Waals surface area (Å²) in [7, 11) is 0. The molecule has 1 heterocycles. The van der Waals surface area contributed by atoms with Gasteiger partial charge in [-0.3, -0.25) is 4.79 Å². The number of carbonyl (C=O) groups is 1. The number of carbonyl (C=O) groups excluding carboxylic acids is 1. The average molecular weight is 347 g/mol. The Labute approximate surface area is 145 Å². The molecule has 3 nitrogen and oxygen atoms in total. The van der Waals surface area contributed by atoms with Gasteiger partial charge in [-0.05, 0) is 48.2 Å². The molecule has 0 saturated heterocycles. The maximum absolute atomic E-state index is 12.6. The number of amides is 1. The number of fused-ring (bicyclic) bond motifs is 1. The predicted octanol–water partition coefficient (Wildman–Crippen LogP) is 4.13. The molecule has 0 fully saturated rings. The van der Waals surface area contributed by atoms with Crippen LogP contribution in [0.3, 0.4) is 0 Å². The molecule has 2 N–H and O–H groups in total. The van der Waals surface area contributed by atoms with Crippen molar-refractivity contribution in [1.29, 1.82) is 0 Å². The standard InChI is InChI=1S/C18H19ClN2OS/c19-14-8-6-13(7-9-14)11-23-12-18(22)21-10-2-3-15-16(20)4-1-5-17(15)21/h1,4-9H,2-3,10-12,20H2. The zero-order chi connectivity index (χ0) is 16.2. The van der Waals surface area contributed by atoms with Crippen LogP contribution in [0.15, 0.2) is 42.5 Å². The number of anilines is 2. The van der Waals surface area contributed by atoms with Crippen molar-refractivity contribution in [3.8, 4) is 0 Å². The summed E-state index contributed by atoms with van der Waals surface area (Å²) < 4.78 is 0. The van der Waals surface area contributed by atoms with Crippen LogP contribution >= 0.6 is 23.4 Å². The Balaban J connectivity index is 1.61. The smallest absolute Gasteiger partial charge is 0.236 e. The van der Waals surface area contributed by atoms with Crippen LogP contribution in [-0.4, -0.2) is 18.2 Å². The summed E-state index contributed by atoms with van der Waals surface area (Å²) in [6, 6.07) is 13.6. The SMILES string of the molecule is Nc1cccc2c1CCCN2C(=O)CSCc1ccc(Cl)cc1. The molecule has 0 aromatic heterocycles. The van der Waals surface area contributed by atoms with Crippen LogP contribution in [0.2, 0.25) is 5.02 Å². The molecule has 0 bridgehead atoms. The molecule has 1 aliphatic rings. The summed E-state index contributed by atoms with van der Waals surface area (Å²) in [6.45, 7) is 0.775. The molecule has 2 aromatic carbocycles. The van der Waals surface area contributed by atoms with Gasteiger partial charge >= 0.3 is 0 Å². The maximum atomic E-state index is 12.6. The minimum Gasteiger partial charge on any atom is -0.398 e. The zero-order valence-corrected chi connectivity index (χ0v) is 14.4. The highest BCUT2D eigenvalue weighted by atomic mass is 35.5. The van der Waals surface area contributed by atoms with Crippen LogP contribution in [0.25, 0.3) is 0 Å². The fourth-order valence-corrected chi connectivity index (χ4v) is 3.81. The Morgan fingerprint density at radius 2 is 2.00 bits per heavy atom. The number of nitrogens with zero attached hydrogens (tertiary/aromatic N) is 1. The number of rotatable bonds is 4. The van der Waals surface area contributed by atoms with Crippen LogP contribution in [0.4, 0.5) is 11.4 Å². The Morgan fingerprint density at radius 3 is 2.78 bits per heavy atom. The molecule has 2 aromatic rings. The van der Waals surface area contributed by atoms with E-state index in [9.17, 15) is 4.79 Å². The van der Waals surface area contributed by atoms with E-state index in [1.807, 2.05) is 47.4 Å². The summed E-state index contributed by atoms with van der Waals surface area (Å²) >= 11 is 7.51. The number of halogens is 1. The Morgan fingerprint density at radius 1 is 1.22 bits per heavy atom. The number of nitrogen functional groups attached to an aromatic ring is 1. The molecule has 0 atom stereocenters. The molecule has 120 valence electrons. The van der Waals surface area contributed by atoms with Gasteiger partial charge in [0.2, 0.25) is 5.91 Å². The molecule has 5 heteroatoms. The van der Waals surface area contributed by atoms with E-state index in [0.717, 1.165) is 47.1 Å². The first-order valence-corrected chi connectivity index (χ1v) is 9.18. The van der Waals surface area contributed by atoms with Gasteiger partial charge in [0.25, 0.3) is 0 Å². The van der Waals surface area contributed by atoms with Crippen molar-refractivity contribution in [2.75, 3.05) is 22.9 Å². The first-order valence-electron chi connectivity index (χ1n) is 7.65. The molecule has 1 amide bonds. The highest BCUT2D eigenvalue weighted by Crippen LogP contribution is 2.31. The van der Waals surface area contributed by atoms with Gasteiger partial charge in [0, 0.05) is 28.7 Å². The quantitative estimate of drug-likeness (QED) is 0.846. The van der Waals surface area contributed by atoms with Gasteiger partial charge < -0.3 is 10.6 Å². The Hall–Kier alpha value is -1.65. The second-order valence-electron chi connectivity index (χ2n) is 5.61. The summed E-state index contributed by atoms with van der Waals surface area (Å²) in [5.74, 6) is 1.42. The maximum Gasteiger partial charge on any atom is 0.236 e. The highest BCUT2D eigenvalue weighted by Gasteiger charge is 2.23. The van der Waals surface area contributed by atoms with Crippen LogP contribution in [-0.2, 0) is 17.0 Å². The first kappa shape index (κ1) is 16.2. The molecule has 23 heavy (non-hydrogen) atoms. The average Bonchev–Trinajstić information content (AvgIpc) is 2.56. The number of nitrogens with two attached hydrogens (primary N) is 1. The van der Waals surface area contributed by atoms with Crippen molar-refractivity contribution in [2.24, 2.45) is 0 Å². The molecule has 3 rings (SSSR count). The number of hydrogen-bond donors (Lipinski definition) is 1. The zero-order valence-electron chi connectivity index (χ0n) is 12.8. The Kier molecular flexibility index (Phi) is 5.13. The Bertz CT molecular complexity index is 703. The van der Waals surface area contributed by atoms with E-state index in [4.69, 9.17) is 17.3 Å². The molecular weight excluding hydrogens is 328 g/mol. The van der Waals surface area contributed by atoms with Crippen molar-refractivity contribution in [3.05, 3.63) is 58.6 Å². The molecule has 1 aliphatic heterocycles. The van der Waals surface area contributed by atoms with Crippen molar-refractivity contribution >= 4 is 40.6 Å². The van der Waals surface area contributed by atoms with E-state index in [1.54, 1.807) is 11.8 Å². The summed E-state index contributed by atoms with van der Waals surface area (Å²) in [4.78, 5) is 14.4. The minimum atomic E-state index is 0.149. The third kappa shape index (κ3) is 3.82. The predicted molar refractivity (Wildman–Crippen MR) is 99.1 cm³/mol. The monoisotopic (exact) mass is 346 g/mol. The van der Waals surface area contributed by atoms with E-state index >= 15 is 0 Å². The molecule has 0 saturated carbocycles. The second kappa shape index (κ2) is 7.28. The van der Waals surface area contributed by atoms with Gasteiger partial charge in [-0.15, -0.1) is 11.8 Å². The normalized spacial score (nSPS) is 13.7. The minimum absolute atomic E-state index is 0.149. The largest absolute Gasteiger partial charge is 0.398 e. The van der Waals surface area contributed by atoms with E-state index in [1.165, 1.54) is 5.56 Å². The van der Waals surface area contributed by atoms with Gasteiger partial charge in [-0.2, -0.15) is 0 Å². The van der Waals surface area contributed by atoms with E-state index in [-0.39, 0.29) is 5.91 Å². The molecule has 0 radical (unpaired) electrons. The van der Waals surface area contributed by atoms with E-state index < -0.39 is 0 Å². The third-order valence-corrected chi connectivity index (χ3v) is 5.24. The topological polar surface area (TPSA) is 46.3 Å². The fourth-order valence-electron chi connectivity index (χ4n) is 2.83. The number of hydrogen-bond acceptors (Lipinski definition) is 3. The van der Waals surface area contributed by atoms with Crippen LogP contribution in [0.1, 0.15) is 17.5 Å². The molecule has 0 unspecified atom stereocenters. The fraction of sp³-hybridized carbons (Fsp3) is 0.278. The lowest BCUT2D eigenvalue weighted by atomic mass is 10.00. The first-order chi connectivity index (χ1) is 11.1. The second-order valence-corrected chi connectivity index (χ2v) is 7.04. The lowest BCUT2D eigenvalue weighted by Crippen LogP contribution is -2.37. The lowest BCUT2D eigenvalue weighted by Gasteiger charge is -2.30. The van der Waals surface area contributed by atoms with Crippen LogP contribution < -0.4 is 10.6 Å². The van der Waals surface area contributed by atoms with Gasteiger partial charge in [0.05, 0.1) is 5.75 Å². The van der Waals surface area contributed by atoms with Gasteiger partial charge in [-0.1, -0.05) is 29.8 Å². The van der Waals surface area contributed by atoms with Crippen LogP contribution in [0.5, 0.6) is 0 Å². The summed E-state index contributed by atoms with van der Waals surface area (Å²) in [5.41, 5.74) is 10.1. The van der Waals surface area contributed by atoms with E-state index in [2.05, 4.69) is 0 Å². The molecule has 0 spiro atoms.